The largest absolute Gasteiger partial charge is 0.456 e. The van der Waals surface area contributed by atoms with Crippen molar-refractivity contribution in [2.24, 2.45) is 11.8 Å². The first kappa shape index (κ1) is 24.4. The van der Waals surface area contributed by atoms with Crippen molar-refractivity contribution in [3.05, 3.63) is 145 Å². The Morgan fingerprint density at radius 2 is 1.31 bits per heavy atom. The van der Waals surface area contributed by atoms with E-state index in [9.17, 15) is 0 Å². The van der Waals surface area contributed by atoms with Gasteiger partial charge in [-0.25, -0.2) is 15.0 Å². The van der Waals surface area contributed by atoms with Crippen molar-refractivity contribution in [3.63, 3.8) is 0 Å². The van der Waals surface area contributed by atoms with Crippen molar-refractivity contribution in [1.29, 1.82) is 0 Å². The zero-order valence-electron chi connectivity index (χ0n) is 23.1. The summed E-state index contributed by atoms with van der Waals surface area (Å²) in [6.45, 7) is 2.28. The molecule has 0 saturated heterocycles. The first-order valence-electron chi connectivity index (χ1n) is 14.3. The van der Waals surface area contributed by atoms with Crippen molar-refractivity contribution < 1.29 is 4.42 Å². The van der Waals surface area contributed by atoms with Crippen LogP contribution in [0.2, 0.25) is 0 Å². The molecular weight excluding hydrogens is 514 g/mol. The predicted molar refractivity (Wildman–Crippen MR) is 170 cm³/mol. The monoisotopic (exact) mass is 541 g/mol. The van der Waals surface area contributed by atoms with Gasteiger partial charge in [-0.2, -0.15) is 0 Å². The summed E-state index contributed by atoms with van der Waals surface area (Å²) < 4.78 is 6.47. The Labute approximate surface area is 244 Å². The number of para-hydroxylation sites is 1. The van der Waals surface area contributed by atoms with Crippen LogP contribution in [0.4, 0.5) is 0 Å². The van der Waals surface area contributed by atoms with E-state index in [2.05, 4.69) is 61.6 Å². The first-order chi connectivity index (χ1) is 20.7. The molecule has 2 aromatic heterocycles. The van der Waals surface area contributed by atoms with Crippen molar-refractivity contribution >= 4 is 27.5 Å². The molecule has 2 unspecified atom stereocenters. The van der Waals surface area contributed by atoms with E-state index < -0.39 is 0 Å². The molecule has 0 radical (unpaired) electrons. The number of benzene rings is 4. The maximum absolute atomic E-state index is 6.47. The van der Waals surface area contributed by atoms with Gasteiger partial charge < -0.3 is 4.42 Å². The summed E-state index contributed by atoms with van der Waals surface area (Å²) in [6, 6.07) is 32.8. The topological polar surface area (TPSA) is 51.8 Å². The smallest absolute Gasteiger partial charge is 0.164 e. The Balaban J connectivity index is 1.40. The normalized spacial score (nSPS) is 17.7. The maximum atomic E-state index is 6.47. The van der Waals surface area contributed by atoms with E-state index in [1.165, 1.54) is 11.1 Å². The maximum Gasteiger partial charge on any atom is 0.164 e. The second-order valence-electron chi connectivity index (χ2n) is 10.9. The Morgan fingerprint density at radius 1 is 0.643 bits per heavy atom. The number of fused-ring (bicyclic) bond motifs is 4. The van der Waals surface area contributed by atoms with Gasteiger partial charge in [-0.3, -0.25) is 0 Å². The molecule has 2 aliphatic carbocycles. The molecule has 8 rings (SSSR count). The van der Waals surface area contributed by atoms with E-state index in [1.54, 1.807) is 0 Å². The van der Waals surface area contributed by atoms with Crippen LogP contribution in [-0.4, -0.2) is 15.0 Å². The van der Waals surface area contributed by atoms with E-state index in [1.807, 2.05) is 78.9 Å². The van der Waals surface area contributed by atoms with Gasteiger partial charge in [0.25, 0.3) is 0 Å². The van der Waals surface area contributed by atoms with Crippen molar-refractivity contribution in [2.75, 3.05) is 0 Å². The quantitative estimate of drug-likeness (QED) is 0.223. The highest BCUT2D eigenvalue weighted by Crippen LogP contribution is 2.42. The molecule has 2 aliphatic rings. The Bertz CT molecular complexity index is 2040. The van der Waals surface area contributed by atoms with Gasteiger partial charge >= 0.3 is 0 Å². The summed E-state index contributed by atoms with van der Waals surface area (Å²) in [5.41, 5.74) is 8.07. The van der Waals surface area contributed by atoms with Gasteiger partial charge in [-0.05, 0) is 40.8 Å². The molecule has 42 heavy (non-hydrogen) atoms. The highest BCUT2D eigenvalue weighted by molar-refractivity contribution is 6.13. The van der Waals surface area contributed by atoms with Gasteiger partial charge in [0.1, 0.15) is 11.2 Å². The van der Waals surface area contributed by atoms with Gasteiger partial charge in [0, 0.05) is 33.4 Å². The molecule has 0 bridgehead atoms. The molecule has 200 valence electrons. The summed E-state index contributed by atoms with van der Waals surface area (Å²) >= 11 is 0. The number of hydrogen-bond donors (Lipinski definition) is 0. The summed E-state index contributed by atoms with van der Waals surface area (Å²) in [4.78, 5) is 15.1. The SMILES string of the molecule is CC1C=C(c2cc(-c3nc(-c4ccccc4)nc(-c4ccccc4)n3)c3c(c2)oc2ccccc23)C=C2C=CC=CC21. The highest BCUT2D eigenvalue weighted by atomic mass is 16.3. The predicted octanol–water partition coefficient (Wildman–Crippen LogP) is 9.47. The van der Waals surface area contributed by atoms with E-state index in [0.29, 0.717) is 29.3 Å². The van der Waals surface area contributed by atoms with Crippen LogP contribution in [0.3, 0.4) is 0 Å². The van der Waals surface area contributed by atoms with Crippen LogP contribution < -0.4 is 0 Å². The van der Waals surface area contributed by atoms with Crippen LogP contribution >= 0.6 is 0 Å². The number of nitrogens with zero attached hydrogens (tertiary/aromatic N) is 3. The molecule has 0 saturated carbocycles. The minimum Gasteiger partial charge on any atom is -0.456 e. The zero-order chi connectivity index (χ0) is 28.0. The molecule has 0 aliphatic heterocycles. The molecule has 4 heteroatoms. The van der Waals surface area contributed by atoms with E-state index in [4.69, 9.17) is 19.4 Å². The molecule has 0 fully saturated rings. The molecule has 0 amide bonds. The van der Waals surface area contributed by atoms with Crippen LogP contribution in [0, 0.1) is 11.8 Å². The van der Waals surface area contributed by atoms with Crippen LogP contribution in [0.25, 0.3) is 61.7 Å². The second kappa shape index (κ2) is 9.93. The fourth-order valence-electron chi connectivity index (χ4n) is 6.12. The molecule has 2 atom stereocenters. The number of allylic oxidation sites excluding steroid dienone is 8. The lowest BCUT2D eigenvalue weighted by atomic mass is 9.77. The van der Waals surface area contributed by atoms with E-state index in [0.717, 1.165) is 44.2 Å². The molecule has 4 aromatic carbocycles. The van der Waals surface area contributed by atoms with Crippen LogP contribution in [-0.2, 0) is 0 Å². The third kappa shape index (κ3) is 4.20. The molecular formula is C38H27N3O. The lowest BCUT2D eigenvalue weighted by Crippen LogP contribution is -2.14. The van der Waals surface area contributed by atoms with Crippen molar-refractivity contribution in [1.82, 2.24) is 15.0 Å². The van der Waals surface area contributed by atoms with Gasteiger partial charge in [0.15, 0.2) is 17.5 Å². The second-order valence-corrected chi connectivity index (χ2v) is 10.9. The average molecular weight is 542 g/mol. The van der Waals surface area contributed by atoms with E-state index in [-0.39, 0.29) is 0 Å². The fraction of sp³-hybridized carbons (Fsp3) is 0.0789. The molecule has 4 nitrogen and oxygen atoms in total. The minimum absolute atomic E-state index is 0.377. The number of aromatic nitrogens is 3. The Hall–Kier alpha value is -5.35. The van der Waals surface area contributed by atoms with Crippen molar-refractivity contribution in [3.8, 4) is 34.2 Å². The summed E-state index contributed by atoms with van der Waals surface area (Å²) in [5.74, 6) is 2.68. The summed E-state index contributed by atoms with van der Waals surface area (Å²) in [6.07, 6.45) is 13.4. The van der Waals surface area contributed by atoms with Gasteiger partial charge in [0.05, 0.1) is 0 Å². The standard InChI is InChI=1S/C38H27N3O/c1-24-20-28(21-27-16-8-9-17-30(24)27)29-22-32(35-31-18-10-11-19-33(31)42-34(35)23-29)38-40-36(25-12-4-2-5-13-25)39-37(41-38)26-14-6-3-7-15-26/h2-24,30H,1H3. The summed E-state index contributed by atoms with van der Waals surface area (Å²) in [5, 5.41) is 2.05. The Morgan fingerprint density at radius 3 is 2.05 bits per heavy atom. The molecule has 0 N–H and O–H groups in total. The average Bonchev–Trinajstić information content (AvgIpc) is 3.43. The van der Waals surface area contributed by atoms with Gasteiger partial charge in [0.2, 0.25) is 0 Å². The van der Waals surface area contributed by atoms with Crippen LogP contribution in [0.5, 0.6) is 0 Å². The lowest BCUT2D eigenvalue weighted by Gasteiger charge is -2.27. The minimum atomic E-state index is 0.377. The van der Waals surface area contributed by atoms with E-state index >= 15 is 0 Å². The summed E-state index contributed by atoms with van der Waals surface area (Å²) in [7, 11) is 0. The third-order valence-corrected chi connectivity index (χ3v) is 8.19. The fourth-order valence-corrected chi connectivity index (χ4v) is 6.12. The van der Waals surface area contributed by atoms with Crippen LogP contribution in [0.15, 0.2) is 144 Å². The molecule has 6 aromatic rings. The highest BCUT2D eigenvalue weighted by Gasteiger charge is 2.24. The Kier molecular flexibility index (Phi) is 5.78. The first-order valence-corrected chi connectivity index (χ1v) is 14.3. The van der Waals surface area contributed by atoms with Gasteiger partial charge in [-0.1, -0.05) is 122 Å². The number of rotatable bonds is 4. The third-order valence-electron chi connectivity index (χ3n) is 8.19. The number of hydrogen-bond acceptors (Lipinski definition) is 4. The van der Waals surface area contributed by atoms with Gasteiger partial charge in [-0.15, -0.1) is 0 Å². The van der Waals surface area contributed by atoms with Crippen LogP contribution in [0.1, 0.15) is 12.5 Å². The lowest BCUT2D eigenvalue weighted by molar-refractivity contribution is 0.585. The molecule has 2 heterocycles. The zero-order valence-corrected chi connectivity index (χ0v) is 23.1. The number of furan rings is 1. The molecule has 0 spiro atoms. The van der Waals surface area contributed by atoms with Crippen molar-refractivity contribution in [2.45, 2.75) is 6.92 Å².